The summed E-state index contributed by atoms with van der Waals surface area (Å²) in [4.78, 5) is 16.0. The fourth-order valence-corrected chi connectivity index (χ4v) is 3.78. The maximum absolute atomic E-state index is 14.5. The number of ketones is 1. The van der Waals surface area contributed by atoms with Gasteiger partial charge in [0.2, 0.25) is 5.78 Å². The summed E-state index contributed by atoms with van der Waals surface area (Å²) < 4.78 is 20.4. The molecule has 25 heavy (non-hydrogen) atoms. The van der Waals surface area contributed by atoms with Crippen molar-refractivity contribution in [3.05, 3.63) is 57.4 Å². The quantitative estimate of drug-likeness (QED) is 0.394. The van der Waals surface area contributed by atoms with Crippen LogP contribution in [0, 0.1) is 5.82 Å². The van der Waals surface area contributed by atoms with Crippen LogP contribution in [0.2, 0.25) is 5.02 Å². The van der Waals surface area contributed by atoms with Crippen LogP contribution in [0.5, 0.6) is 0 Å². The number of aromatic nitrogens is 1. The highest BCUT2D eigenvalue weighted by atomic mass is 79.9. The molecule has 0 fully saturated rings. The Balaban J connectivity index is 2.34. The standard InChI is InChI=1S/C18H14BrClFNO2S/c1-24-18(25-2)17(23)16-15(9-5-3-4-6-13(9)21)10-7-12(20)11(19)8-14(10)22-16/h3-8,18,22H,1-2H3. The number of halogens is 3. The van der Waals surface area contributed by atoms with Crippen molar-refractivity contribution < 1.29 is 13.9 Å². The third kappa shape index (κ3) is 3.36. The first kappa shape index (κ1) is 18.5. The van der Waals surface area contributed by atoms with E-state index in [1.54, 1.807) is 36.6 Å². The zero-order valence-corrected chi connectivity index (χ0v) is 16.6. The Morgan fingerprint density at radius 2 is 2.08 bits per heavy atom. The second kappa shape index (κ2) is 7.50. The van der Waals surface area contributed by atoms with Crippen molar-refractivity contribution in [3.8, 4) is 11.1 Å². The fourth-order valence-electron chi connectivity index (χ4n) is 2.75. The van der Waals surface area contributed by atoms with Crippen LogP contribution in [-0.4, -0.2) is 29.6 Å². The van der Waals surface area contributed by atoms with Gasteiger partial charge in [-0.15, -0.1) is 11.8 Å². The number of methoxy groups -OCH3 is 1. The minimum absolute atomic E-state index is 0.253. The summed E-state index contributed by atoms with van der Waals surface area (Å²) in [6.07, 6.45) is 1.78. The van der Waals surface area contributed by atoms with E-state index in [0.29, 0.717) is 37.2 Å². The van der Waals surface area contributed by atoms with Gasteiger partial charge in [0.05, 0.1) is 10.7 Å². The number of thioether (sulfide) groups is 1. The van der Waals surface area contributed by atoms with Gasteiger partial charge >= 0.3 is 0 Å². The van der Waals surface area contributed by atoms with E-state index in [4.69, 9.17) is 16.3 Å². The number of hydrogen-bond donors (Lipinski definition) is 1. The minimum Gasteiger partial charge on any atom is -0.362 e. The lowest BCUT2D eigenvalue weighted by atomic mass is 9.99. The molecule has 0 amide bonds. The van der Waals surface area contributed by atoms with Crippen molar-refractivity contribution >= 4 is 56.0 Å². The topological polar surface area (TPSA) is 42.1 Å². The number of benzene rings is 2. The number of carbonyl (C=O) groups excluding carboxylic acids is 1. The Bertz CT molecular complexity index is 956. The SMILES string of the molecule is COC(SC)C(=O)c1[nH]c2cc(Br)c(Cl)cc2c1-c1ccccc1F. The van der Waals surface area contributed by atoms with Gasteiger partial charge in [0, 0.05) is 33.6 Å². The first-order valence-electron chi connectivity index (χ1n) is 7.33. The fraction of sp³-hybridized carbons (Fsp3) is 0.167. The van der Waals surface area contributed by atoms with E-state index in [9.17, 15) is 9.18 Å². The molecule has 1 atom stereocenters. The van der Waals surface area contributed by atoms with Crippen molar-refractivity contribution in [2.75, 3.05) is 13.4 Å². The number of nitrogens with one attached hydrogen (secondary N) is 1. The van der Waals surface area contributed by atoms with Gasteiger partial charge in [-0.05, 0) is 40.4 Å². The average Bonchev–Trinajstić information content (AvgIpc) is 2.95. The summed E-state index contributed by atoms with van der Waals surface area (Å²) in [6, 6.07) is 9.85. The van der Waals surface area contributed by atoms with E-state index in [1.165, 1.54) is 24.9 Å². The predicted molar refractivity (Wildman–Crippen MR) is 105 cm³/mol. The second-order valence-corrected chi connectivity index (χ2v) is 7.50. The van der Waals surface area contributed by atoms with Crippen LogP contribution in [0.25, 0.3) is 22.0 Å². The molecule has 1 aromatic heterocycles. The third-order valence-corrected chi connectivity index (χ3v) is 5.90. The molecule has 1 N–H and O–H groups in total. The summed E-state index contributed by atoms with van der Waals surface area (Å²) in [7, 11) is 1.47. The number of aromatic amines is 1. The number of fused-ring (bicyclic) bond motifs is 1. The molecule has 0 saturated carbocycles. The number of ether oxygens (including phenoxy) is 1. The van der Waals surface area contributed by atoms with E-state index in [0.717, 1.165) is 0 Å². The molecule has 0 bridgehead atoms. The lowest BCUT2D eigenvalue weighted by molar-refractivity contribution is 0.0791. The molecule has 0 aliphatic rings. The molecule has 0 radical (unpaired) electrons. The smallest absolute Gasteiger partial charge is 0.218 e. The molecule has 7 heteroatoms. The molecule has 0 aliphatic heterocycles. The van der Waals surface area contributed by atoms with Crippen LogP contribution < -0.4 is 0 Å². The molecule has 3 aromatic rings. The molecule has 0 aliphatic carbocycles. The molecule has 0 spiro atoms. The molecule has 0 saturated heterocycles. The van der Waals surface area contributed by atoms with Crippen LogP contribution in [0.1, 0.15) is 10.5 Å². The highest BCUT2D eigenvalue weighted by Gasteiger charge is 2.27. The number of hydrogen-bond acceptors (Lipinski definition) is 3. The van der Waals surface area contributed by atoms with Gasteiger partial charge in [0.1, 0.15) is 5.82 Å². The summed E-state index contributed by atoms with van der Waals surface area (Å²) in [5, 5.41) is 1.16. The Kier molecular flexibility index (Phi) is 5.53. The zero-order valence-electron chi connectivity index (χ0n) is 13.4. The minimum atomic E-state index is -0.683. The van der Waals surface area contributed by atoms with Crippen molar-refractivity contribution in [2.45, 2.75) is 5.44 Å². The maximum atomic E-state index is 14.5. The first-order valence-corrected chi connectivity index (χ1v) is 9.79. The third-order valence-electron chi connectivity index (χ3n) is 3.87. The van der Waals surface area contributed by atoms with E-state index >= 15 is 0 Å². The van der Waals surface area contributed by atoms with Crippen LogP contribution in [-0.2, 0) is 4.74 Å². The monoisotopic (exact) mass is 441 g/mol. The van der Waals surface area contributed by atoms with Gasteiger partial charge in [-0.25, -0.2) is 4.39 Å². The van der Waals surface area contributed by atoms with E-state index in [1.807, 2.05) is 0 Å². The Labute approximate surface area is 162 Å². The van der Waals surface area contributed by atoms with Gasteiger partial charge < -0.3 is 9.72 Å². The zero-order chi connectivity index (χ0) is 18.1. The lowest BCUT2D eigenvalue weighted by Gasteiger charge is -2.12. The largest absolute Gasteiger partial charge is 0.362 e. The van der Waals surface area contributed by atoms with Gasteiger partial charge in [-0.1, -0.05) is 29.8 Å². The second-order valence-electron chi connectivity index (χ2n) is 5.33. The van der Waals surface area contributed by atoms with Crippen LogP contribution in [0.4, 0.5) is 4.39 Å². The highest BCUT2D eigenvalue weighted by molar-refractivity contribution is 9.10. The van der Waals surface area contributed by atoms with Gasteiger partial charge in [-0.2, -0.15) is 0 Å². The Morgan fingerprint density at radius 3 is 2.72 bits per heavy atom. The van der Waals surface area contributed by atoms with E-state index in [2.05, 4.69) is 20.9 Å². The number of carbonyl (C=O) groups is 1. The van der Waals surface area contributed by atoms with Gasteiger partial charge in [0.25, 0.3) is 0 Å². The Hall–Kier alpha value is -1.34. The molecule has 3 rings (SSSR count). The molecule has 1 unspecified atom stereocenters. The van der Waals surface area contributed by atoms with E-state index < -0.39 is 11.3 Å². The van der Waals surface area contributed by atoms with Crippen molar-refractivity contribution in [3.63, 3.8) is 0 Å². The van der Waals surface area contributed by atoms with Crippen molar-refractivity contribution in [1.29, 1.82) is 0 Å². The molecule has 1 heterocycles. The highest BCUT2D eigenvalue weighted by Crippen LogP contribution is 2.38. The van der Waals surface area contributed by atoms with Crippen molar-refractivity contribution in [2.24, 2.45) is 0 Å². The number of H-pyrrole nitrogens is 1. The molecular formula is C18H14BrClFNO2S. The summed E-state index contributed by atoms with van der Waals surface area (Å²) in [5.74, 6) is -0.661. The summed E-state index contributed by atoms with van der Waals surface area (Å²) in [5.41, 5.74) is 1.14. The first-order chi connectivity index (χ1) is 12.0. The molecule has 130 valence electrons. The molecule has 3 nitrogen and oxygen atoms in total. The van der Waals surface area contributed by atoms with E-state index in [-0.39, 0.29) is 5.78 Å². The van der Waals surface area contributed by atoms with Crippen LogP contribution in [0.15, 0.2) is 40.9 Å². The Morgan fingerprint density at radius 1 is 1.36 bits per heavy atom. The average molecular weight is 443 g/mol. The molecule has 2 aromatic carbocycles. The summed E-state index contributed by atoms with van der Waals surface area (Å²) >= 11 is 10.9. The van der Waals surface area contributed by atoms with Crippen LogP contribution >= 0.6 is 39.3 Å². The van der Waals surface area contributed by atoms with Gasteiger partial charge in [0.15, 0.2) is 5.44 Å². The summed E-state index contributed by atoms with van der Waals surface area (Å²) in [6.45, 7) is 0. The molecular weight excluding hydrogens is 429 g/mol. The lowest BCUT2D eigenvalue weighted by Crippen LogP contribution is -2.20. The maximum Gasteiger partial charge on any atom is 0.218 e. The number of rotatable bonds is 5. The normalized spacial score (nSPS) is 12.5. The number of Topliss-reactive ketones (excluding diaryl/α,β-unsaturated/α-hetero) is 1. The van der Waals surface area contributed by atoms with Crippen molar-refractivity contribution in [1.82, 2.24) is 4.98 Å². The van der Waals surface area contributed by atoms with Gasteiger partial charge in [-0.3, -0.25) is 4.79 Å². The van der Waals surface area contributed by atoms with Crippen LogP contribution in [0.3, 0.4) is 0 Å². The predicted octanol–water partition coefficient (Wildman–Crippen LogP) is 5.91.